The van der Waals surface area contributed by atoms with E-state index >= 15 is 0 Å². The van der Waals surface area contributed by atoms with E-state index in [0.717, 1.165) is 11.7 Å². The van der Waals surface area contributed by atoms with Crippen LogP contribution in [-0.2, 0) is 5.41 Å². The first-order valence-electron chi connectivity index (χ1n) is 8.26. The molecule has 3 nitrogen and oxygen atoms in total. The van der Waals surface area contributed by atoms with Crippen molar-refractivity contribution in [3.63, 3.8) is 0 Å². The topological polar surface area (TPSA) is 43.8 Å². The van der Waals surface area contributed by atoms with E-state index in [9.17, 15) is 0 Å². The van der Waals surface area contributed by atoms with Crippen LogP contribution in [0, 0.1) is 5.92 Å². The highest BCUT2D eigenvalue weighted by atomic mass is 15.2. The van der Waals surface area contributed by atoms with Gasteiger partial charge >= 0.3 is 0 Å². The Hall–Kier alpha value is -0.990. The lowest BCUT2D eigenvalue weighted by Crippen LogP contribution is -2.19. The van der Waals surface area contributed by atoms with Gasteiger partial charge in [0.2, 0.25) is 0 Å². The summed E-state index contributed by atoms with van der Waals surface area (Å²) in [6.07, 6.45) is 7.75. The van der Waals surface area contributed by atoms with Crippen LogP contribution in [0.25, 0.3) is 0 Å². The number of hydrogen-bond donors (Lipinski definition) is 1. The quantitative estimate of drug-likeness (QED) is 0.869. The zero-order chi connectivity index (χ0) is 14.5. The summed E-state index contributed by atoms with van der Waals surface area (Å²) in [5.41, 5.74) is 7.80. The summed E-state index contributed by atoms with van der Waals surface area (Å²) in [4.78, 5) is 5.04. The molecule has 0 bridgehead atoms. The van der Waals surface area contributed by atoms with Gasteiger partial charge in [0.25, 0.3) is 0 Å². The van der Waals surface area contributed by atoms with Gasteiger partial charge in [-0.15, -0.1) is 0 Å². The van der Waals surface area contributed by atoms with Gasteiger partial charge in [-0.05, 0) is 31.6 Å². The molecule has 2 aliphatic rings. The summed E-state index contributed by atoms with van der Waals surface area (Å²) < 4.78 is 2.36. The molecule has 0 aromatic carbocycles. The minimum absolute atomic E-state index is 0.0786. The maximum atomic E-state index is 6.52. The van der Waals surface area contributed by atoms with Crippen molar-refractivity contribution in [1.82, 2.24) is 9.55 Å². The van der Waals surface area contributed by atoms with Crippen LogP contribution in [-0.4, -0.2) is 9.55 Å². The van der Waals surface area contributed by atoms with Gasteiger partial charge in [-0.3, -0.25) is 0 Å². The number of rotatable bonds is 2. The zero-order valence-electron chi connectivity index (χ0n) is 13.4. The van der Waals surface area contributed by atoms with Crippen LogP contribution in [0.1, 0.15) is 89.7 Å². The third kappa shape index (κ3) is 2.47. The van der Waals surface area contributed by atoms with Gasteiger partial charge in [0.05, 0.1) is 5.69 Å². The highest BCUT2D eigenvalue weighted by Crippen LogP contribution is 2.45. The Kier molecular flexibility index (Phi) is 3.34. The molecule has 2 atom stereocenters. The number of anilines is 1. The number of nitrogen functional groups attached to an aromatic ring is 1. The van der Waals surface area contributed by atoms with Crippen LogP contribution in [0.2, 0.25) is 0 Å². The molecule has 20 heavy (non-hydrogen) atoms. The van der Waals surface area contributed by atoms with Crippen LogP contribution in [0.15, 0.2) is 0 Å². The van der Waals surface area contributed by atoms with Crippen molar-refractivity contribution >= 4 is 5.82 Å². The van der Waals surface area contributed by atoms with E-state index in [2.05, 4.69) is 32.3 Å². The number of aromatic nitrogens is 2. The summed E-state index contributed by atoms with van der Waals surface area (Å²) >= 11 is 0. The lowest BCUT2D eigenvalue weighted by Gasteiger charge is -2.25. The molecule has 112 valence electrons. The predicted octanol–water partition coefficient (Wildman–Crippen LogP) is 4.39. The highest BCUT2D eigenvalue weighted by molar-refractivity contribution is 5.43. The van der Waals surface area contributed by atoms with Crippen LogP contribution in [0.5, 0.6) is 0 Å². The van der Waals surface area contributed by atoms with Gasteiger partial charge < -0.3 is 10.3 Å². The number of imidazole rings is 1. The molecule has 1 heterocycles. The van der Waals surface area contributed by atoms with Crippen LogP contribution < -0.4 is 5.73 Å². The maximum Gasteiger partial charge on any atom is 0.127 e. The molecule has 1 aromatic heterocycles. The second kappa shape index (κ2) is 4.78. The molecule has 1 aromatic rings. The van der Waals surface area contributed by atoms with E-state index in [0.29, 0.717) is 12.0 Å². The molecule has 2 unspecified atom stereocenters. The van der Waals surface area contributed by atoms with Gasteiger partial charge in [-0.1, -0.05) is 40.5 Å². The summed E-state index contributed by atoms with van der Waals surface area (Å²) in [6, 6.07) is 0.617. The lowest BCUT2D eigenvalue weighted by atomic mass is 9.81. The van der Waals surface area contributed by atoms with Crippen molar-refractivity contribution in [1.29, 1.82) is 0 Å². The summed E-state index contributed by atoms with van der Waals surface area (Å²) in [7, 11) is 0. The average molecular weight is 275 g/mol. The molecule has 0 spiro atoms. The minimum atomic E-state index is 0.0786. The Morgan fingerprint density at radius 3 is 2.40 bits per heavy atom. The fraction of sp³-hybridized carbons (Fsp3) is 0.824. The standard InChI is InChI=1S/C17H29N3/c1-11-6-5-7-12(10-11)14-15(18)20(13-8-9-13)16(19-14)17(2,3)4/h11-13H,5-10,18H2,1-4H3. The molecule has 2 aliphatic carbocycles. The normalized spacial score (nSPS) is 27.8. The Bertz CT molecular complexity index is 491. The Morgan fingerprint density at radius 2 is 1.85 bits per heavy atom. The van der Waals surface area contributed by atoms with E-state index in [1.807, 2.05) is 0 Å². The average Bonchev–Trinajstić information content (AvgIpc) is 3.11. The van der Waals surface area contributed by atoms with Gasteiger partial charge in [0, 0.05) is 17.4 Å². The van der Waals surface area contributed by atoms with Gasteiger partial charge in [0.1, 0.15) is 11.6 Å². The molecular formula is C17H29N3. The first-order valence-corrected chi connectivity index (χ1v) is 8.26. The van der Waals surface area contributed by atoms with Crippen molar-refractivity contribution in [2.45, 2.75) is 83.6 Å². The van der Waals surface area contributed by atoms with E-state index in [1.165, 1.54) is 50.0 Å². The van der Waals surface area contributed by atoms with Crippen molar-refractivity contribution in [2.75, 3.05) is 5.73 Å². The van der Waals surface area contributed by atoms with Gasteiger partial charge in [-0.2, -0.15) is 0 Å². The fourth-order valence-electron chi connectivity index (χ4n) is 3.68. The van der Waals surface area contributed by atoms with E-state index in [-0.39, 0.29) is 5.41 Å². The van der Waals surface area contributed by atoms with Crippen molar-refractivity contribution in [3.8, 4) is 0 Å². The minimum Gasteiger partial charge on any atom is -0.384 e. The largest absolute Gasteiger partial charge is 0.384 e. The third-order valence-corrected chi connectivity index (χ3v) is 4.88. The lowest BCUT2D eigenvalue weighted by molar-refractivity contribution is 0.340. The number of hydrogen-bond acceptors (Lipinski definition) is 2. The van der Waals surface area contributed by atoms with Crippen molar-refractivity contribution in [3.05, 3.63) is 11.5 Å². The molecule has 0 amide bonds. The molecule has 0 saturated heterocycles. The molecule has 2 fully saturated rings. The zero-order valence-corrected chi connectivity index (χ0v) is 13.4. The number of nitrogens with zero attached hydrogens (tertiary/aromatic N) is 2. The van der Waals surface area contributed by atoms with E-state index in [4.69, 9.17) is 10.7 Å². The second-order valence-corrected chi connectivity index (χ2v) is 8.03. The highest BCUT2D eigenvalue weighted by Gasteiger charge is 2.36. The third-order valence-electron chi connectivity index (χ3n) is 4.88. The molecule has 2 N–H and O–H groups in total. The molecule has 3 rings (SSSR count). The smallest absolute Gasteiger partial charge is 0.127 e. The molecule has 2 saturated carbocycles. The molecule has 3 heteroatoms. The van der Waals surface area contributed by atoms with Crippen LogP contribution >= 0.6 is 0 Å². The Labute approximate surface area is 123 Å². The second-order valence-electron chi connectivity index (χ2n) is 8.03. The Morgan fingerprint density at radius 1 is 1.15 bits per heavy atom. The summed E-state index contributed by atoms with van der Waals surface area (Å²) in [6.45, 7) is 9.12. The Balaban J connectivity index is 1.99. The maximum absolute atomic E-state index is 6.52. The van der Waals surface area contributed by atoms with Gasteiger partial charge in [-0.25, -0.2) is 4.98 Å². The van der Waals surface area contributed by atoms with E-state index < -0.39 is 0 Å². The van der Waals surface area contributed by atoms with Crippen LogP contribution in [0.4, 0.5) is 5.82 Å². The van der Waals surface area contributed by atoms with E-state index in [1.54, 1.807) is 0 Å². The van der Waals surface area contributed by atoms with Crippen molar-refractivity contribution in [2.24, 2.45) is 5.92 Å². The molecular weight excluding hydrogens is 246 g/mol. The van der Waals surface area contributed by atoms with Crippen molar-refractivity contribution < 1.29 is 0 Å². The predicted molar refractivity (Wildman–Crippen MR) is 84.0 cm³/mol. The summed E-state index contributed by atoms with van der Waals surface area (Å²) in [5, 5.41) is 0. The summed E-state index contributed by atoms with van der Waals surface area (Å²) in [5.74, 6) is 3.57. The fourth-order valence-corrected chi connectivity index (χ4v) is 3.68. The molecule has 0 radical (unpaired) electrons. The van der Waals surface area contributed by atoms with Crippen LogP contribution in [0.3, 0.4) is 0 Å². The molecule has 0 aliphatic heterocycles. The monoisotopic (exact) mass is 275 g/mol. The SMILES string of the molecule is CC1CCCC(c2nc(C(C)(C)C)n(C3CC3)c2N)C1. The first-order chi connectivity index (χ1) is 9.38. The van der Waals surface area contributed by atoms with Gasteiger partial charge in [0.15, 0.2) is 0 Å². The number of nitrogens with two attached hydrogens (primary N) is 1. The first kappa shape index (κ1) is 14.0.